The first-order chi connectivity index (χ1) is 7.56. The van der Waals surface area contributed by atoms with Gasteiger partial charge in [0.25, 0.3) is 0 Å². The van der Waals surface area contributed by atoms with Gasteiger partial charge in [-0.25, -0.2) is 0 Å². The molecular formula is C12H19BrN2S. The lowest BCUT2D eigenvalue weighted by atomic mass is 9.94. The number of thiophene rings is 1. The van der Waals surface area contributed by atoms with Gasteiger partial charge in [0.05, 0.1) is 0 Å². The molecule has 2 N–H and O–H groups in total. The van der Waals surface area contributed by atoms with Gasteiger partial charge >= 0.3 is 0 Å². The summed E-state index contributed by atoms with van der Waals surface area (Å²) in [6.45, 7) is 7.69. The monoisotopic (exact) mass is 302 g/mol. The van der Waals surface area contributed by atoms with Gasteiger partial charge in [-0.1, -0.05) is 6.92 Å². The van der Waals surface area contributed by atoms with Crippen LogP contribution in [0.4, 0.5) is 0 Å². The van der Waals surface area contributed by atoms with Crippen LogP contribution in [0.1, 0.15) is 23.1 Å². The molecule has 0 amide bonds. The number of hydrogen-bond donors (Lipinski definition) is 1. The third-order valence-corrected chi connectivity index (χ3v) is 5.51. The van der Waals surface area contributed by atoms with Crippen LogP contribution in [0.15, 0.2) is 10.5 Å². The Morgan fingerprint density at radius 2 is 2.38 bits per heavy atom. The summed E-state index contributed by atoms with van der Waals surface area (Å²) >= 11 is 5.45. The Hall–Kier alpha value is 0.100. The molecular weight excluding hydrogens is 284 g/mol. The number of aryl methyl sites for hydroxylation is 1. The van der Waals surface area contributed by atoms with E-state index in [2.05, 4.69) is 40.7 Å². The molecule has 1 aromatic heterocycles. The molecule has 1 aliphatic heterocycles. The average Bonchev–Trinajstić information content (AvgIpc) is 2.52. The third kappa shape index (κ3) is 2.86. The van der Waals surface area contributed by atoms with E-state index in [4.69, 9.17) is 5.73 Å². The highest BCUT2D eigenvalue weighted by atomic mass is 79.9. The Morgan fingerprint density at radius 1 is 1.62 bits per heavy atom. The fourth-order valence-corrected chi connectivity index (χ4v) is 3.77. The van der Waals surface area contributed by atoms with E-state index in [0.717, 1.165) is 13.1 Å². The zero-order valence-electron chi connectivity index (χ0n) is 9.87. The van der Waals surface area contributed by atoms with Crippen molar-refractivity contribution in [3.05, 3.63) is 20.3 Å². The van der Waals surface area contributed by atoms with Crippen molar-refractivity contribution in [1.82, 2.24) is 4.90 Å². The lowest BCUT2D eigenvalue weighted by Crippen LogP contribution is -2.46. The summed E-state index contributed by atoms with van der Waals surface area (Å²) in [5.41, 5.74) is 6.11. The maximum Gasteiger partial charge on any atom is 0.0329 e. The van der Waals surface area contributed by atoms with Crippen molar-refractivity contribution in [2.24, 2.45) is 11.7 Å². The fraction of sp³-hybridized carbons (Fsp3) is 0.667. The van der Waals surface area contributed by atoms with Gasteiger partial charge < -0.3 is 5.73 Å². The molecule has 0 spiro atoms. The highest BCUT2D eigenvalue weighted by Gasteiger charge is 2.23. The van der Waals surface area contributed by atoms with Gasteiger partial charge in [-0.2, -0.15) is 0 Å². The molecule has 90 valence electrons. The van der Waals surface area contributed by atoms with Crippen LogP contribution in [0.2, 0.25) is 0 Å². The minimum atomic E-state index is 0.346. The highest BCUT2D eigenvalue weighted by Crippen LogP contribution is 2.28. The number of rotatable bonds is 2. The number of nitrogens with two attached hydrogens (primary N) is 1. The van der Waals surface area contributed by atoms with Crippen molar-refractivity contribution in [2.75, 3.05) is 13.1 Å². The van der Waals surface area contributed by atoms with Gasteiger partial charge in [0.2, 0.25) is 0 Å². The molecule has 0 aliphatic carbocycles. The summed E-state index contributed by atoms with van der Waals surface area (Å²) in [5.74, 6) is 0.674. The Morgan fingerprint density at radius 3 is 2.94 bits per heavy atom. The Bertz CT molecular complexity index is 344. The maximum absolute atomic E-state index is 6.11. The first-order valence-corrected chi connectivity index (χ1v) is 7.40. The maximum atomic E-state index is 6.11. The quantitative estimate of drug-likeness (QED) is 0.910. The second-order valence-corrected chi connectivity index (χ2v) is 6.98. The van der Waals surface area contributed by atoms with Crippen LogP contribution in [0.3, 0.4) is 0 Å². The minimum absolute atomic E-state index is 0.346. The predicted octanol–water partition coefficient (Wildman–Crippen LogP) is 2.99. The molecule has 1 fully saturated rings. The van der Waals surface area contributed by atoms with Crippen LogP contribution in [-0.2, 0) is 6.54 Å². The molecule has 1 aromatic rings. The summed E-state index contributed by atoms with van der Waals surface area (Å²) in [6, 6.07) is 2.59. The fourth-order valence-electron chi connectivity index (χ4n) is 2.13. The van der Waals surface area contributed by atoms with E-state index in [-0.39, 0.29) is 0 Å². The zero-order valence-corrected chi connectivity index (χ0v) is 12.3. The number of hydrogen-bond acceptors (Lipinski definition) is 3. The predicted molar refractivity (Wildman–Crippen MR) is 73.8 cm³/mol. The van der Waals surface area contributed by atoms with Gasteiger partial charge in [-0.05, 0) is 47.8 Å². The average molecular weight is 303 g/mol. The van der Waals surface area contributed by atoms with Crippen LogP contribution >= 0.6 is 27.3 Å². The van der Waals surface area contributed by atoms with Crippen molar-refractivity contribution in [2.45, 2.75) is 32.9 Å². The molecule has 0 saturated carbocycles. The van der Waals surface area contributed by atoms with Crippen molar-refractivity contribution in [3.63, 3.8) is 0 Å². The second kappa shape index (κ2) is 5.17. The molecule has 0 radical (unpaired) electrons. The first-order valence-electron chi connectivity index (χ1n) is 5.79. The third-order valence-electron chi connectivity index (χ3n) is 3.39. The van der Waals surface area contributed by atoms with Crippen LogP contribution < -0.4 is 5.73 Å². The molecule has 2 rings (SSSR count). The topological polar surface area (TPSA) is 29.3 Å². The summed E-state index contributed by atoms with van der Waals surface area (Å²) in [7, 11) is 0. The minimum Gasteiger partial charge on any atom is -0.326 e. The standard InChI is InChI=1S/C12H19BrN2S/c1-8-3-4-15(7-12(8)14)6-10-5-11(13)9(2)16-10/h5,8,12H,3-4,6-7,14H2,1-2H3. The molecule has 2 nitrogen and oxygen atoms in total. The van der Waals surface area contributed by atoms with Crippen LogP contribution in [0, 0.1) is 12.8 Å². The summed E-state index contributed by atoms with van der Waals surface area (Å²) in [4.78, 5) is 5.28. The van der Waals surface area contributed by atoms with Crippen molar-refractivity contribution < 1.29 is 0 Å². The lowest BCUT2D eigenvalue weighted by Gasteiger charge is -2.34. The molecule has 4 heteroatoms. The van der Waals surface area contributed by atoms with Gasteiger partial charge in [-0.15, -0.1) is 11.3 Å². The number of piperidine rings is 1. The van der Waals surface area contributed by atoms with E-state index >= 15 is 0 Å². The zero-order chi connectivity index (χ0) is 11.7. The number of nitrogens with zero attached hydrogens (tertiary/aromatic N) is 1. The van der Waals surface area contributed by atoms with E-state index in [0.29, 0.717) is 12.0 Å². The Labute approximate surface area is 110 Å². The lowest BCUT2D eigenvalue weighted by molar-refractivity contribution is 0.163. The van der Waals surface area contributed by atoms with Crippen molar-refractivity contribution >= 4 is 27.3 Å². The molecule has 1 saturated heterocycles. The largest absolute Gasteiger partial charge is 0.326 e. The van der Waals surface area contributed by atoms with E-state index < -0.39 is 0 Å². The molecule has 2 heterocycles. The summed E-state index contributed by atoms with van der Waals surface area (Å²) in [6.07, 6.45) is 1.23. The van der Waals surface area contributed by atoms with Crippen LogP contribution in [0.5, 0.6) is 0 Å². The molecule has 2 unspecified atom stereocenters. The van der Waals surface area contributed by atoms with Gasteiger partial charge in [0.15, 0.2) is 0 Å². The molecule has 0 aromatic carbocycles. The van der Waals surface area contributed by atoms with Gasteiger partial charge in [-0.3, -0.25) is 4.90 Å². The van der Waals surface area contributed by atoms with E-state index in [1.807, 2.05) is 11.3 Å². The number of halogens is 1. The highest BCUT2D eigenvalue weighted by molar-refractivity contribution is 9.10. The summed E-state index contributed by atoms with van der Waals surface area (Å²) < 4.78 is 1.24. The first kappa shape index (κ1) is 12.6. The van der Waals surface area contributed by atoms with Crippen molar-refractivity contribution in [3.8, 4) is 0 Å². The number of likely N-dealkylation sites (tertiary alicyclic amines) is 1. The van der Waals surface area contributed by atoms with Gasteiger partial charge in [0, 0.05) is 33.4 Å². The van der Waals surface area contributed by atoms with Crippen molar-refractivity contribution in [1.29, 1.82) is 0 Å². The van der Waals surface area contributed by atoms with E-state index in [1.54, 1.807) is 0 Å². The summed E-state index contributed by atoms with van der Waals surface area (Å²) in [5, 5.41) is 0. The molecule has 1 aliphatic rings. The van der Waals surface area contributed by atoms with E-state index in [1.165, 1.54) is 27.2 Å². The second-order valence-electron chi connectivity index (χ2n) is 4.78. The molecule has 2 atom stereocenters. The van der Waals surface area contributed by atoms with E-state index in [9.17, 15) is 0 Å². The molecule has 16 heavy (non-hydrogen) atoms. The van der Waals surface area contributed by atoms with Crippen LogP contribution in [0.25, 0.3) is 0 Å². The SMILES string of the molecule is Cc1sc(CN2CCC(C)C(N)C2)cc1Br. The molecule has 0 bridgehead atoms. The normalized spacial score (nSPS) is 27.2. The smallest absolute Gasteiger partial charge is 0.0329 e. The Balaban J connectivity index is 1.95. The van der Waals surface area contributed by atoms with Crippen LogP contribution in [-0.4, -0.2) is 24.0 Å². The Kier molecular flexibility index (Phi) is 4.06. The van der Waals surface area contributed by atoms with Gasteiger partial charge in [0.1, 0.15) is 0 Å².